The quantitative estimate of drug-likeness (QED) is 0.147. The van der Waals surface area contributed by atoms with Crippen LogP contribution in [-0.4, -0.2) is 5.11 Å². The molecule has 286 valence electrons. The van der Waals surface area contributed by atoms with Crippen molar-refractivity contribution in [3.8, 4) is 5.75 Å². The SMILES string of the molecule is Oc1ccc(C2(C3CC=CCC3)C3C=C(c4ccc(Nc5ccccc5)cc4)C=CC3C3C=CC(c4ccc(N(C5=CCCC=C5)c5ccccc5)cc4)=CC32)cc1. The molecular weight excluding hydrogens is 705 g/mol. The van der Waals surface area contributed by atoms with Crippen LogP contribution in [0.25, 0.3) is 11.1 Å². The number of hydrogen-bond acceptors (Lipinski definition) is 3. The van der Waals surface area contributed by atoms with E-state index in [1.165, 1.54) is 39.2 Å². The highest BCUT2D eigenvalue weighted by Crippen LogP contribution is 2.65. The van der Waals surface area contributed by atoms with E-state index in [4.69, 9.17) is 0 Å². The first kappa shape index (κ1) is 36.0. The van der Waals surface area contributed by atoms with Crippen LogP contribution in [0.2, 0.25) is 0 Å². The molecule has 3 heteroatoms. The molecule has 0 radical (unpaired) electrons. The highest BCUT2D eigenvalue weighted by molar-refractivity contribution is 5.80. The zero-order chi connectivity index (χ0) is 38.9. The monoisotopic (exact) mass is 754 g/mol. The first-order valence-corrected chi connectivity index (χ1v) is 21.1. The number of anilines is 4. The Kier molecular flexibility index (Phi) is 9.67. The second kappa shape index (κ2) is 15.6. The highest BCUT2D eigenvalue weighted by Gasteiger charge is 2.61. The lowest BCUT2D eigenvalue weighted by Crippen LogP contribution is -2.45. The van der Waals surface area contributed by atoms with Gasteiger partial charge in [-0.3, -0.25) is 0 Å². The molecule has 0 spiro atoms. The fourth-order valence-electron chi connectivity index (χ4n) is 10.8. The average Bonchev–Trinajstić information content (AvgIpc) is 3.58. The average molecular weight is 755 g/mol. The maximum Gasteiger partial charge on any atom is 0.115 e. The van der Waals surface area contributed by atoms with Gasteiger partial charge in [-0.25, -0.2) is 0 Å². The summed E-state index contributed by atoms with van der Waals surface area (Å²) in [7, 11) is 0. The first-order valence-electron chi connectivity index (χ1n) is 21.1. The van der Waals surface area contributed by atoms with Crippen LogP contribution in [0, 0.1) is 29.6 Å². The number of phenolic OH excluding ortho intramolecular Hbond substituents is 1. The van der Waals surface area contributed by atoms with E-state index in [1.807, 2.05) is 18.2 Å². The first-order chi connectivity index (χ1) is 28.6. The molecule has 0 aromatic heterocycles. The normalized spacial score (nSPS) is 25.6. The van der Waals surface area contributed by atoms with Crippen molar-refractivity contribution in [1.29, 1.82) is 0 Å². The molecule has 0 amide bonds. The molecule has 1 saturated carbocycles. The standard InChI is InChI=1S/C55H50N2O/c58-50-33-27-44(28-34-50)55(43-13-5-1-6-14-43)53-37-41(39-21-29-46(30-22-39)56-45-15-7-2-8-16-45)25-35-51(53)52-36-26-42(38-54(52)55)40-23-31-49(32-24-40)57(47-17-9-3-10-18-47)48-19-11-4-12-20-48/h1-3,5,7-11,15-38,43,51-54,56,58H,4,6,12-14H2. The van der Waals surface area contributed by atoms with Crippen molar-refractivity contribution in [2.24, 2.45) is 29.6 Å². The summed E-state index contributed by atoms with van der Waals surface area (Å²) >= 11 is 0. The largest absolute Gasteiger partial charge is 0.508 e. The molecule has 10 rings (SSSR count). The Labute approximate surface area is 343 Å². The van der Waals surface area contributed by atoms with Crippen molar-refractivity contribution < 1.29 is 5.11 Å². The van der Waals surface area contributed by atoms with Crippen LogP contribution in [0.3, 0.4) is 0 Å². The van der Waals surface area contributed by atoms with Gasteiger partial charge in [0.25, 0.3) is 0 Å². The molecule has 0 bridgehead atoms. The summed E-state index contributed by atoms with van der Waals surface area (Å²) in [5, 5.41) is 14.1. The number of nitrogens with one attached hydrogen (secondary N) is 1. The number of hydrogen-bond donors (Lipinski definition) is 2. The number of nitrogens with zero attached hydrogens (tertiary/aromatic N) is 1. The van der Waals surface area contributed by atoms with E-state index in [0.717, 1.165) is 49.2 Å². The molecule has 2 N–H and O–H groups in total. The molecule has 0 heterocycles. The number of phenols is 1. The Hall–Kier alpha value is -6.32. The van der Waals surface area contributed by atoms with E-state index in [2.05, 4.69) is 192 Å². The summed E-state index contributed by atoms with van der Waals surface area (Å²) in [5.41, 5.74) is 12.0. The third-order valence-corrected chi connectivity index (χ3v) is 13.4. The molecule has 5 aliphatic rings. The van der Waals surface area contributed by atoms with Crippen molar-refractivity contribution in [2.75, 3.05) is 10.2 Å². The Morgan fingerprint density at radius 3 is 1.76 bits per heavy atom. The van der Waals surface area contributed by atoms with E-state index in [-0.39, 0.29) is 17.3 Å². The lowest BCUT2D eigenvalue weighted by atomic mass is 9.55. The van der Waals surface area contributed by atoms with Crippen LogP contribution in [0.5, 0.6) is 5.75 Å². The van der Waals surface area contributed by atoms with Gasteiger partial charge in [0.05, 0.1) is 0 Å². The van der Waals surface area contributed by atoms with Crippen LogP contribution >= 0.6 is 0 Å². The minimum Gasteiger partial charge on any atom is -0.508 e. The van der Waals surface area contributed by atoms with E-state index in [0.29, 0.717) is 23.5 Å². The lowest BCUT2D eigenvalue weighted by molar-refractivity contribution is 0.167. The zero-order valence-electron chi connectivity index (χ0n) is 32.9. The summed E-state index contributed by atoms with van der Waals surface area (Å²) in [6, 6.07) is 47.5. The molecule has 0 aliphatic heterocycles. The fraction of sp³-hybridized carbons (Fsp3) is 0.200. The van der Waals surface area contributed by atoms with E-state index in [9.17, 15) is 5.11 Å². The van der Waals surface area contributed by atoms with Crippen molar-refractivity contribution in [3.63, 3.8) is 0 Å². The third-order valence-electron chi connectivity index (χ3n) is 13.4. The minimum atomic E-state index is -0.168. The maximum absolute atomic E-state index is 10.6. The van der Waals surface area contributed by atoms with Gasteiger partial charge >= 0.3 is 0 Å². The Balaban J connectivity index is 1.04. The van der Waals surface area contributed by atoms with Gasteiger partial charge in [0, 0.05) is 33.9 Å². The molecule has 6 unspecified atom stereocenters. The van der Waals surface area contributed by atoms with Crippen LogP contribution < -0.4 is 10.2 Å². The van der Waals surface area contributed by atoms with Crippen LogP contribution in [0.15, 0.2) is 206 Å². The second-order valence-electron chi connectivity index (χ2n) is 16.5. The molecular formula is C55H50N2O. The van der Waals surface area contributed by atoms with Crippen molar-refractivity contribution in [1.82, 2.24) is 0 Å². The van der Waals surface area contributed by atoms with Gasteiger partial charge in [0.15, 0.2) is 0 Å². The maximum atomic E-state index is 10.6. The fourth-order valence-corrected chi connectivity index (χ4v) is 10.8. The van der Waals surface area contributed by atoms with Crippen LogP contribution in [0.1, 0.15) is 48.8 Å². The summed E-state index contributed by atoms with van der Waals surface area (Å²) in [6.07, 6.45) is 32.2. The number of fused-ring (bicyclic) bond motifs is 3. The van der Waals surface area contributed by atoms with E-state index >= 15 is 0 Å². The molecule has 5 aromatic carbocycles. The van der Waals surface area contributed by atoms with Gasteiger partial charge in [-0.15, -0.1) is 0 Å². The number of para-hydroxylation sites is 2. The predicted molar refractivity (Wildman–Crippen MR) is 242 cm³/mol. The van der Waals surface area contributed by atoms with E-state index in [1.54, 1.807) is 0 Å². The number of allylic oxidation sites excluding steroid dienone is 13. The Morgan fingerprint density at radius 2 is 1.16 bits per heavy atom. The van der Waals surface area contributed by atoms with Crippen LogP contribution in [0.4, 0.5) is 22.7 Å². The summed E-state index contributed by atoms with van der Waals surface area (Å²) in [5.74, 6) is 2.05. The lowest BCUT2D eigenvalue weighted by Gasteiger charge is -2.48. The number of rotatable bonds is 9. The highest BCUT2D eigenvalue weighted by atomic mass is 16.3. The van der Waals surface area contributed by atoms with Crippen molar-refractivity contribution in [2.45, 2.75) is 37.5 Å². The molecule has 1 fully saturated rings. The topological polar surface area (TPSA) is 35.5 Å². The predicted octanol–water partition coefficient (Wildman–Crippen LogP) is 13.9. The van der Waals surface area contributed by atoms with Crippen molar-refractivity contribution in [3.05, 3.63) is 223 Å². The second-order valence-corrected chi connectivity index (χ2v) is 16.5. The molecule has 0 saturated heterocycles. The Bertz CT molecular complexity index is 2470. The van der Waals surface area contributed by atoms with E-state index < -0.39 is 0 Å². The molecule has 3 nitrogen and oxygen atoms in total. The zero-order valence-corrected chi connectivity index (χ0v) is 32.9. The third kappa shape index (κ3) is 6.59. The van der Waals surface area contributed by atoms with Gasteiger partial charge in [-0.1, -0.05) is 134 Å². The number of benzene rings is 5. The Morgan fingerprint density at radius 1 is 0.552 bits per heavy atom. The number of aromatic hydroxyl groups is 1. The van der Waals surface area contributed by atoms with Gasteiger partial charge in [0.2, 0.25) is 0 Å². The van der Waals surface area contributed by atoms with Gasteiger partial charge in [-0.2, -0.15) is 0 Å². The minimum absolute atomic E-state index is 0.168. The molecule has 6 atom stereocenters. The summed E-state index contributed by atoms with van der Waals surface area (Å²) in [4.78, 5) is 2.37. The summed E-state index contributed by atoms with van der Waals surface area (Å²) in [6.45, 7) is 0. The molecule has 5 aromatic rings. The smallest absolute Gasteiger partial charge is 0.115 e. The van der Waals surface area contributed by atoms with Gasteiger partial charge < -0.3 is 15.3 Å². The molecule has 58 heavy (non-hydrogen) atoms. The van der Waals surface area contributed by atoms with Crippen LogP contribution in [-0.2, 0) is 5.41 Å². The summed E-state index contributed by atoms with van der Waals surface area (Å²) < 4.78 is 0. The van der Waals surface area contributed by atoms with Gasteiger partial charge in [0.1, 0.15) is 5.75 Å². The van der Waals surface area contributed by atoms with Gasteiger partial charge in [-0.05, 0) is 156 Å². The molecule has 5 aliphatic carbocycles. The van der Waals surface area contributed by atoms with Crippen molar-refractivity contribution >= 4 is 33.9 Å².